The molecular formula is C16H20ClF3N4S. The van der Waals surface area contributed by atoms with E-state index in [1.807, 2.05) is 0 Å². The number of thiazole rings is 1. The highest BCUT2D eigenvalue weighted by molar-refractivity contribution is 7.15. The molecule has 0 aliphatic carbocycles. The van der Waals surface area contributed by atoms with Gasteiger partial charge in [-0.05, 0) is 11.6 Å². The smallest absolute Gasteiger partial charge is 0.375 e. The van der Waals surface area contributed by atoms with Gasteiger partial charge in [0.15, 0.2) is 5.13 Å². The molecule has 2 N–H and O–H groups in total. The predicted molar refractivity (Wildman–Crippen MR) is 95.8 cm³/mol. The van der Waals surface area contributed by atoms with Crippen molar-refractivity contribution in [2.24, 2.45) is 0 Å². The fraction of sp³-hybridized carbons (Fsp3) is 0.438. The standard InChI is InChI=1S/C16H19F3N4S.ClH/c17-16(18,19)13-3-1-2-12(8-13)10-22-4-6-23(7-5-22)11-14-9-21-15(20)24-14;/h1-3,8-9H,4-7,10-11H2,(H2,20,21);1H. The van der Waals surface area contributed by atoms with Gasteiger partial charge in [0.1, 0.15) is 0 Å². The lowest BCUT2D eigenvalue weighted by molar-refractivity contribution is -0.137. The van der Waals surface area contributed by atoms with E-state index in [2.05, 4.69) is 14.8 Å². The van der Waals surface area contributed by atoms with E-state index in [0.29, 0.717) is 17.2 Å². The van der Waals surface area contributed by atoms with Crippen LogP contribution < -0.4 is 5.73 Å². The van der Waals surface area contributed by atoms with Crippen LogP contribution in [0.3, 0.4) is 0 Å². The van der Waals surface area contributed by atoms with Gasteiger partial charge in [0.25, 0.3) is 0 Å². The molecule has 0 radical (unpaired) electrons. The molecular weight excluding hydrogens is 373 g/mol. The number of rotatable bonds is 4. The number of alkyl halides is 3. The Bertz CT molecular complexity index is 684. The van der Waals surface area contributed by atoms with Gasteiger partial charge in [0.05, 0.1) is 5.56 Å². The summed E-state index contributed by atoms with van der Waals surface area (Å²) < 4.78 is 38.3. The molecule has 3 rings (SSSR count). The lowest BCUT2D eigenvalue weighted by Gasteiger charge is -2.34. The van der Waals surface area contributed by atoms with Crippen molar-refractivity contribution in [2.75, 3.05) is 31.9 Å². The van der Waals surface area contributed by atoms with Crippen molar-refractivity contribution < 1.29 is 13.2 Å². The van der Waals surface area contributed by atoms with Crippen molar-refractivity contribution in [1.29, 1.82) is 0 Å². The lowest BCUT2D eigenvalue weighted by Crippen LogP contribution is -2.45. The topological polar surface area (TPSA) is 45.4 Å². The number of anilines is 1. The quantitative estimate of drug-likeness (QED) is 0.865. The van der Waals surface area contributed by atoms with E-state index < -0.39 is 11.7 Å². The molecule has 1 fully saturated rings. The van der Waals surface area contributed by atoms with Crippen LogP contribution in [-0.4, -0.2) is 41.0 Å². The molecule has 0 bridgehead atoms. The second-order valence-electron chi connectivity index (χ2n) is 5.92. The van der Waals surface area contributed by atoms with Gasteiger partial charge in [0, 0.05) is 50.3 Å². The Labute approximate surface area is 154 Å². The maximum absolute atomic E-state index is 12.8. The minimum absolute atomic E-state index is 0. The van der Waals surface area contributed by atoms with Gasteiger partial charge >= 0.3 is 6.18 Å². The Hall–Kier alpha value is -1.35. The molecule has 0 atom stereocenters. The molecule has 1 aliphatic rings. The van der Waals surface area contributed by atoms with Crippen molar-refractivity contribution in [1.82, 2.24) is 14.8 Å². The van der Waals surface area contributed by atoms with Crippen LogP contribution in [0.4, 0.5) is 18.3 Å². The van der Waals surface area contributed by atoms with E-state index in [9.17, 15) is 13.2 Å². The summed E-state index contributed by atoms with van der Waals surface area (Å²) in [6.45, 7) is 4.82. The van der Waals surface area contributed by atoms with Crippen LogP contribution in [0.25, 0.3) is 0 Å². The number of hydrogen-bond donors (Lipinski definition) is 1. The Morgan fingerprint density at radius 3 is 2.28 bits per heavy atom. The first-order valence-corrected chi connectivity index (χ1v) is 8.53. The van der Waals surface area contributed by atoms with Gasteiger partial charge in [-0.25, -0.2) is 4.98 Å². The summed E-state index contributed by atoms with van der Waals surface area (Å²) in [6, 6.07) is 5.58. The highest BCUT2D eigenvalue weighted by atomic mass is 35.5. The molecule has 1 saturated heterocycles. The summed E-state index contributed by atoms with van der Waals surface area (Å²) in [4.78, 5) is 9.69. The van der Waals surface area contributed by atoms with Crippen LogP contribution in [0, 0.1) is 0 Å². The number of hydrogen-bond acceptors (Lipinski definition) is 5. The Kier molecular flexibility index (Phi) is 6.67. The molecule has 0 unspecified atom stereocenters. The van der Waals surface area contributed by atoms with E-state index in [4.69, 9.17) is 5.73 Å². The van der Waals surface area contributed by atoms with Crippen LogP contribution in [0.15, 0.2) is 30.5 Å². The summed E-state index contributed by atoms with van der Waals surface area (Å²) >= 11 is 1.49. The Morgan fingerprint density at radius 2 is 1.72 bits per heavy atom. The second-order valence-corrected chi connectivity index (χ2v) is 7.06. The Balaban J connectivity index is 0.00000225. The molecule has 25 heavy (non-hydrogen) atoms. The SMILES string of the molecule is Cl.Nc1ncc(CN2CCN(Cc3cccc(C(F)(F)F)c3)CC2)s1. The summed E-state index contributed by atoms with van der Waals surface area (Å²) in [5.74, 6) is 0. The predicted octanol–water partition coefficient (Wildman–Crippen LogP) is 3.48. The third kappa shape index (κ3) is 5.57. The molecule has 0 spiro atoms. The van der Waals surface area contributed by atoms with Crippen molar-refractivity contribution in [3.8, 4) is 0 Å². The number of halogens is 4. The third-order valence-corrected chi connectivity index (χ3v) is 4.89. The average molecular weight is 393 g/mol. The minimum Gasteiger partial charge on any atom is -0.375 e. The average Bonchev–Trinajstić information content (AvgIpc) is 2.94. The molecule has 0 amide bonds. The van der Waals surface area contributed by atoms with E-state index in [0.717, 1.165) is 43.7 Å². The first-order valence-electron chi connectivity index (χ1n) is 7.71. The number of nitrogen functional groups attached to an aromatic ring is 1. The normalized spacial score (nSPS) is 16.6. The highest BCUT2D eigenvalue weighted by Gasteiger charge is 2.30. The maximum Gasteiger partial charge on any atom is 0.416 e. The fourth-order valence-corrected chi connectivity index (χ4v) is 3.55. The number of aromatic nitrogens is 1. The van der Waals surface area contributed by atoms with Crippen LogP contribution >= 0.6 is 23.7 Å². The third-order valence-electron chi connectivity index (χ3n) is 4.08. The van der Waals surface area contributed by atoms with E-state index in [1.165, 1.54) is 23.5 Å². The van der Waals surface area contributed by atoms with Gasteiger partial charge in [-0.15, -0.1) is 23.7 Å². The molecule has 4 nitrogen and oxygen atoms in total. The zero-order valence-corrected chi connectivity index (χ0v) is 15.1. The number of nitrogens with two attached hydrogens (primary N) is 1. The fourth-order valence-electron chi connectivity index (χ4n) is 2.83. The first-order chi connectivity index (χ1) is 11.4. The zero-order chi connectivity index (χ0) is 17.2. The number of piperazine rings is 1. The van der Waals surface area contributed by atoms with Gasteiger partial charge in [-0.1, -0.05) is 18.2 Å². The molecule has 9 heteroatoms. The van der Waals surface area contributed by atoms with E-state index in [-0.39, 0.29) is 12.4 Å². The molecule has 1 aromatic carbocycles. The summed E-state index contributed by atoms with van der Waals surface area (Å²) in [5.41, 5.74) is 5.76. The van der Waals surface area contributed by atoms with Gasteiger partial charge in [-0.3, -0.25) is 9.80 Å². The molecule has 2 heterocycles. The monoisotopic (exact) mass is 392 g/mol. The van der Waals surface area contributed by atoms with Gasteiger partial charge in [-0.2, -0.15) is 13.2 Å². The van der Waals surface area contributed by atoms with Crippen molar-refractivity contribution in [3.05, 3.63) is 46.5 Å². The van der Waals surface area contributed by atoms with Gasteiger partial charge < -0.3 is 5.73 Å². The van der Waals surface area contributed by atoms with Crippen LogP contribution in [0.5, 0.6) is 0 Å². The second kappa shape index (κ2) is 8.35. The minimum atomic E-state index is -4.29. The molecule has 0 saturated carbocycles. The first kappa shape index (κ1) is 20.0. The van der Waals surface area contributed by atoms with Crippen LogP contribution in [0.2, 0.25) is 0 Å². The molecule has 1 aromatic heterocycles. The van der Waals surface area contributed by atoms with Crippen molar-refractivity contribution >= 4 is 28.9 Å². The van der Waals surface area contributed by atoms with Crippen molar-refractivity contribution in [2.45, 2.75) is 19.3 Å². The molecule has 138 valence electrons. The largest absolute Gasteiger partial charge is 0.416 e. The highest BCUT2D eigenvalue weighted by Crippen LogP contribution is 2.29. The summed E-state index contributed by atoms with van der Waals surface area (Å²) in [6.07, 6.45) is -2.49. The zero-order valence-electron chi connectivity index (χ0n) is 13.5. The summed E-state index contributed by atoms with van der Waals surface area (Å²) in [5, 5.41) is 0.577. The number of benzene rings is 1. The van der Waals surface area contributed by atoms with E-state index in [1.54, 1.807) is 12.3 Å². The van der Waals surface area contributed by atoms with Crippen LogP contribution in [-0.2, 0) is 19.3 Å². The van der Waals surface area contributed by atoms with Crippen molar-refractivity contribution in [3.63, 3.8) is 0 Å². The Morgan fingerprint density at radius 1 is 1.08 bits per heavy atom. The molecule has 1 aliphatic heterocycles. The van der Waals surface area contributed by atoms with E-state index >= 15 is 0 Å². The number of nitrogens with zero attached hydrogens (tertiary/aromatic N) is 3. The molecule has 2 aromatic rings. The maximum atomic E-state index is 12.8. The van der Waals surface area contributed by atoms with Gasteiger partial charge in [0.2, 0.25) is 0 Å². The van der Waals surface area contributed by atoms with Crippen LogP contribution in [0.1, 0.15) is 16.0 Å². The summed E-state index contributed by atoms with van der Waals surface area (Å²) in [7, 11) is 0. The lowest BCUT2D eigenvalue weighted by atomic mass is 10.1.